The molecule has 0 saturated heterocycles. The molecule has 0 atom stereocenters. The first-order valence-corrected chi connectivity index (χ1v) is 7.91. The normalized spacial score (nSPS) is 11.3. The highest BCUT2D eigenvalue weighted by Crippen LogP contribution is 2.15. The van der Waals surface area contributed by atoms with Crippen molar-refractivity contribution in [1.29, 1.82) is 0 Å². The summed E-state index contributed by atoms with van der Waals surface area (Å²) in [6.07, 6.45) is 5.65. The first-order valence-electron chi connectivity index (χ1n) is 7.91. The molecule has 0 aliphatic rings. The molecule has 3 aromatic rings. The monoisotopic (exact) mass is 310 g/mol. The summed E-state index contributed by atoms with van der Waals surface area (Å²) in [6.45, 7) is 7.36. The van der Waals surface area contributed by atoms with Gasteiger partial charge < -0.3 is 8.98 Å². The fourth-order valence-corrected chi connectivity index (χ4v) is 2.67. The highest BCUT2D eigenvalue weighted by molar-refractivity contribution is 5.08. The number of furan rings is 1. The van der Waals surface area contributed by atoms with Gasteiger partial charge >= 0.3 is 0 Å². The highest BCUT2D eigenvalue weighted by Gasteiger charge is 2.13. The van der Waals surface area contributed by atoms with Crippen LogP contribution in [0.25, 0.3) is 0 Å². The largest absolute Gasteiger partial charge is 0.465 e. The second-order valence-electron chi connectivity index (χ2n) is 5.65. The molecule has 3 heterocycles. The maximum Gasteiger partial charge on any atom is 0.118 e. The number of imidazole rings is 1. The van der Waals surface area contributed by atoms with E-state index in [-0.39, 0.29) is 0 Å². The van der Waals surface area contributed by atoms with Gasteiger partial charge in [-0.3, -0.25) is 9.88 Å². The van der Waals surface area contributed by atoms with Gasteiger partial charge in [-0.15, -0.1) is 0 Å². The molecule has 120 valence electrons. The van der Waals surface area contributed by atoms with E-state index in [2.05, 4.69) is 32.4 Å². The standard InChI is InChI=1S/C18H22N4O/c1-3-22-14-19-10-17(22)12-21(11-16-6-4-5-9-20-16)13-18-8-7-15(2)23-18/h4-10,14H,3,11-13H2,1-2H3. The Morgan fingerprint density at radius 3 is 2.74 bits per heavy atom. The second-order valence-corrected chi connectivity index (χ2v) is 5.65. The topological polar surface area (TPSA) is 47.1 Å². The van der Waals surface area contributed by atoms with E-state index >= 15 is 0 Å². The molecule has 23 heavy (non-hydrogen) atoms. The average Bonchev–Trinajstić information content (AvgIpc) is 3.17. The predicted octanol–water partition coefficient (Wildman–Crippen LogP) is 3.40. The van der Waals surface area contributed by atoms with Crippen LogP contribution < -0.4 is 0 Å². The lowest BCUT2D eigenvalue weighted by molar-refractivity contribution is 0.218. The van der Waals surface area contributed by atoms with Crippen LogP contribution >= 0.6 is 0 Å². The Kier molecular flexibility index (Phi) is 4.88. The van der Waals surface area contributed by atoms with E-state index in [1.54, 1.807) is 0 Å². The predicted molar refractivity (Wildman–Crippen MR) is 88.5 cm³/mol. The van der Waals surface area contributed by atoms with Crippen LogP contribution in [0.3, 0.4) is 0 Å². The molecule has 0 fully saturated rings. The summed E-state index contributed by atoms with van der Waals surface area (Å²) in [5, 5.41) is 0. The van der Waals surface area contributed by atoms with E-state index in [9.17, 15) is 0 Å². The zero-order valence-corrected chi connectivity index (χ0v) is 13.6. The molecule has 0 saturated carbocycles. The molecule has 0 radical (unpaired) electrons. The summed E-state index contributed by atoms with van der Waals surface area (Å²) in [5.41, 5.74) is 2.25. The molecular weight excluding hydrogens is 288 g/mol. The average molecular weight is 310 g/mol. The van der Waals surface area contributed by atoms with Crippen LogP contribution in [0.4, 0.5) is 0 Å². The van der Waals surface area contributed by atoms with Crippen LogP contribution in [0, 0.1) is 6.92 Å². The molecular formula is C18H22N4O. The van der Waals surface area contributed by atoms with Gasteiger partial charge in [-0.1, -0.05) is 6.07 Å². The molecule has 0 unspecified atom stereocenters. The number of rotatable bonds is 7. The molecule has 3 aromatic heterocycles. The van der Waals surface area contributed by atoms with Crippen molar-refractivity contribution >= 4 is 0 Å². The highest BCUT2D eigenvalue weighted by atomic mass is 16.3. The summed E-state index contributed by atoms with van der Waals surface area (Å²) in [7, 11) is 0. The minimum absolute atomic E-state index is 0.749. The van der Waals surface area contributed by atoms with Crippen molar-refractivity contribution in [2.75, 3.05) is 0 Å². The second kappa shape index (κ2) is 7.24. The van der Waals surface area contributed by atoms with E-state index in [1.165, 1.54) is 5.69 Å². The molecule has 3 rings (SSSR count). The van der Waals surface area contributed by atoms with Crippen molar-refractivity contribution in [3.63, 3.8) is 0 Å². The van der Waals surface area contributed by atoms with Crippen LogP contribution in [0.1, 0.15) is 29.8 Å². The van der Waals surface area contributed by atoms with Crippen molar-refractivity contribution in [1.82, 2.24) is 19.4 Å². The third-order valence-electron chi connectivity index (χ3n) is 3.81. The Bertz CT molecular complexity index is 732. The molecule has 5 heteroatoms. The van der Waals surface area contributed by atoms with Gasteiger partial charge in [0.25, 0.3) is 0 Å². The van der Waals surface area contributed by atoms with Crippen LogP contribution in [0.15, 0.2) is 53.5 Å². The van der Waals surface area contributed by atoms with E-state index in [0.717, 1.165) is 43.4 Å². The molecule has 0 bridgehead atoms. The molecule has 0 N–H and O–H groups in total. The van der Waals surface area contributed by atoms with E-state index in [0.29, 0.717) is 0 Å². The molecule has 0 aliphatic heterocycles. The number of hydrogen-bond acceptors (Lipinski definition) is 4. The zero-order chi connectivity index (χ0) is 16.1. The number of nitrogens with zero attached hydrogens (tertiary/aromatic N) is 4. The zero-order valence-electron chi connectivity index (χ0n) is 13.6. The van der Waals surface area contributed by atoms with Gasteiger partial charge in [-0.25, -0.2) is 4.98 Å². The van der Waals surface area contributed by atoms with Gasteiger partial charge in [0, 0.05) is 32.0 Å². The van der Waals surface area contributed by atoms with Gasteiger partial charge in [-0.05, 0) is 38.1 Å². The van der Waals surface area contributed by atoms with Crippen molar-refractivity contribution in [2.45, 2.75) is 40.0 Å². The molecule has 0 amide bonds. The van der Waals surface area contributed by atoms with E-state index in [1.807, 2.05) is 49.9 Å². The van der Waals surface area contributed by atoms with Crippen LogP contribution in [0.2, 0.25) is 0 Å². The van der Waals surface area contributed by atoms with E-state index in [4.69, 9.17) is 4.42 Å². The fourth-order valence-electron chi connectivity index (χ4n) is 2.67. The molecule has 0 aromatic carbocycles. The summed E-state index contributed by atoms with van der Waals surface area (Å²) >= 11 is 0. The fraction of sp³-hybridized carbons (Fsp3) is 0.333. The maximum absolute atomic E-state index is 5.74. The third-order valence-corrected chi connectivity index (χ3v) is 3.81. The Labute approximate surface area is 136 Å². The van der Waals surface area contributed by atoms with Crippen molar-refractivity contribution < 1.29 is 4.42 Å². The van der Waals surface area contributed by atoms with Crippen molar-refractivity contribution in [3.05, 3.63) is 72.0 Å². The number of aryl methyl sites for hydroxylation is 2. The van der Waals surface area contributed by atoms with Crippen LogP contribution in [-0.4, -0.2) is 19.4 Å². The Balaban J connectivity index is 1.77. The summed E-state index contributed by atoms with van der Waals surface area (Å²) < 4.78 is 7.91. The smallest absolute Gasteiger partial charge is 0.118 e. The lowest BCUT2D eigenvalue weighted by Crippen LogP contribution is -2.24. The van der Waals surface area contributed by atoms with E-state index < -0.39 is 0 Å². The first kappa shape index (κ1) is 15.5. The van der Waals surface area contributed by atoms with Gasteiger partial charge in [0.15, 0.2) is 0 Å². The Morgan fingerprint density at radius 1 is 1.13 bits per heavy atom. The Morgan fingerprint density at radius 2 is 2.04 bits per heavy atom. The van der Waals surface area contributed by atoms with Crippen LogP contribution in [0.5, 0.6) is 0 Å². The third kappa shape index (κ3) is 4.07. The summed E-state index contributed by atoms with van der Waals surface area (Å²) in [6, 6.07) is 10.1. The molecule has 0 aliphatic carbocycles. The molecule has 0 spiro atoms. The quantitative estimate of drug-likeness (QED) is 0.671. The lowest BCUT2D eigenvalue weighted by atomic mass is 10.3. The maximum atomic E-state index is 5.74. The minimum Gasteiger partial charge on any atom is -0.465 e. The summed E-state index contributed by atoms with van der Waals surface area (Å²) in [5.74, 6) is 1.91. The van der Waals surface area contributed by atoms with Crippen LogP contribution in [-0.2, 0) is 26.2 Å². The van der Waals surface area contributed by atoms with Gasteiger partial charge in [-0.2, -0.15) is 0 Å². The van der Waals surface area contributed by atoms with Crippen molar-refractivity contribution in [3.8, 4) is 0 Å². The van der Waals surface area contributed by atoms with Gasteiger partial charge in [0.1, 0.15) is 11.5 Å². The lowest BCUT2D eigenvalue weighted by Gasteiger charge is -2.21. The summed E-state index contributed by atoms with van der Waals surface area (Å²) in [4.78, 5) is 11.0. The minimum atomic E-state index is 0.749. The number of hydrogen-bond donors (Lipinski definition) is 0. The van der Waals surface area contributed by atoms with Gasteiger partial charge in [0.2, 0.25) is 0 Å². The number of aromatic nitrogens is 3. The molecule has 5 nitrogen and oxygen atoms in total. The first-order chi connectivity index (χ1) is 11.2. The number of pyridine rings is 1. The van der Waals surface area contributed by atoms with Crippen molar-refractivity contribution in [2.24, 2.45) is 0 Å². The Hall–Kier alpha value is -2.40. The SMILES string of the molecule is CCn1cncc1CN(Cc1ccccn1)Cc1ccc(C)o1. The van der Waals surface area contributed by atoms with Gasteiger partial charge in [0.05, 0.1) is 24.3 Å².